The third-order valence-corrected chi connectivity index (χ3v) is 6.69. The molecule has 0 aliphatic heterocycles. The number of benzene rings is 3. The van der Waals surface area contributed by atoms with Gasteiger partial charge in [0.1, 0.15) is 35.7 Å². The van der Waals surface area contributed by atoms with Gasteiger partial charge in [-0.15, -0.1) is 0 Å². The molecule has 2 aromatic heterocycles. The number of alkyl halides is 1. The highest BCUT2D eigenvalue weighted by atomic mass is 79.9. The molecule has 6 rings (SSSR count). The quantitative estimate of drug-likeness (QED) is 0.0824. The number of fused-ring (bicyclic) bond motifs is 2. The van der Waals surface area contributed by atoms with Gasteiger partial charge < -0.3 is 0 Å². The van der Waals surface area contributed by atoms with E-state index in [0.717, 1.165) is 33.7 Å². The van der Waals surface area contributed by atoms with E-state index in [2.05, 4.69) is 37.3 Å². The fourth-order valence-corrected chi connectivity index (χ4v) is 4.26. The van der Waals surface area contributed by atoms with Gasteiger partial charge in [-0.05, 0) is 12.1 Å². The van der Waals surface area contributed by atoms with Crippen LogP contribution in [0.25, 0.3) is 21.8 Å². The molecule has 1 N–H and O–H groups in total. The fraction of sp³-hybridized carbons (Fsp3) is 0.0882. The zero-order valence-electron chi connectivity index (χ0n) is 26.6. The van der Waals surface area contributed by atoms with E-state index in [1.54, 1.807) is 47.2 Å². The highest BCUT2D eigenvalue weighted by Gasteiger charge is 2.13. The molecule has 15 heteroatoms. The Hall–Kier alpha value is -5.30. The number of hydrogen-bond donors (Lipinski definition) is 1. The first-order valence-electron chi connectivity index (χ1n) is 14.5. The molecule has 2 heterocycles. The smallest absolute Gasteiger partial charge is 0.199 e. The highest BCUT2D eigenvalue weighted by Crippen LogP contribution is 2.18. The van der Waals surface area contributed by atoms with Crippen LogP contribution in [0.15, 0.2) is 109 Å². The molecule has 0 unspecified atom stereocenters. The van der Waals surface area contributed by atoms with Crippen molar-refractivity contribution >= 4 is 98.5 Å². The van der Waals surface area contributed by atoms with Crippen LogP contribution in [0.5, 0.6) is 0 Å². The second-order valence-electron chi connectivity index (χ2n) is 9.58. The predicted octanol–water partition coefficient (Wildman–Crippen LogP) is 4.54. The Morgan fingerprint density at radius 2 is 1.61 bits per heavy atom. The summed E-state index contributed by atoms with van der Waals surface area (Å²) in [6, 6.07) is 25.7. The Balaban J connectivity index is 0.000000244. The van der Waals surface area contributed by atoms with Crippen molar-refractivity contribution in [2.24, 2.45) is 0 Å². The standard InChI is InChI=1S/C16H12N2O2.C8H6BrO.C8H6N2O.C2H3N.B5/c19-11-14-13-8-4-5-9-15(13)18(17-14)10-16(20)12-6-2-1-3-7-12;9-6-8(10)7-4-2-1-3-5-7;11-5-8-6-3-1-2-4-7(6)9-10-8;1-2-3;1-4-5(2)3/h1-9,11H,10H2;2-5H,6H2;1-5H,(H,9,10);1H3;/q;+1;;;. The molecule has 49 heavy (non-hydrogen) atoms. The van der Waals surface area contributed by atoms with Crippen LogP contribution in [0.2, 0.25) is 0 Å². The molecule has 0 fully saturated rings. The van der Waals surface area contributed by atoms with E-state index in [-0.39, 0.29) is 18.1 Å². The minimum atomic E-state index is -0.463. The number of nitrogens with one attached hydrogen (secondary N) is 1. The number of para-hydroxylation sites is 2. The number of carbonyl (C=O) groups is 4. The number of hydrogen-bond acceptors (Lipinski definition) is 7. The zero-order chi connectivity index (χ0) is 36.0. The molecule has 3 aromatic carbocycles. The lowest BCUT2D eigenvalue weighted by molar-refractivity contribution is -0.112. The maximum Gasteiger partial charge on any atom is 0.199 e. The van der Waals surface area contributed by atoms with Crippen LogP contribution in [-0.2, 0) is 11.3 Å². The normalized spacial score (nSPS) is 10.3. The lowest BCUT2D eigenvalue weighted by Crippen LogP contribution is -2.23. The van der Waals surface area contributed by atoms with Gasteiger partial charge in [0.15, 0.2) is 24.1 Å². The minimum absolute atomic E-state index is 0.0312. The Morgan fingerprint density at radius 3 is 2.18 bits per heavy atom. The molecule has 1 aliphatic carbocycles. The predicted molar refractivity (Wildman–Crippen MR) is 201 cm³/mol. The lowest BCUT2D eigenvalue weighted by Gasteiger charge is -2.03. The summed E-state index contributed by atoms with van der Waals surface area (Å²) in [5.41, 5.74) is 3.89. The first-order chi connectivity index (χ1) is 23.7. The van der Waals surface area contributed by atoms with E-state index in [0.29, 0.717) is 28.6 Å². The Bertz CT molecular complexity index is 1970. The number of halogens is 1. The monoisotopic (exact) mass is 703 g/mol. The van der Waals surface area contributed by atoms with Gasteiger partial charge in [-0.3, -0.25) is 29.0 Å². The number of allylic oxidation sites excluding steroid dienone is 6. The van der Waals surface area contributed by atoms with Crippen molar-refractivity contribution in [2.75, 3.05) is 5.33 Å². The zero-order valence-corrected chi connectivity index (χ0v) is 28.2. The number of rotatable bonds is 8. The second kappa shape index (κ2) is 22.3. The van der Waals surface area contributed by atoms with E-state index in [1.807, 2.05) is 66.7 Å². The van der Waals surface area contributed by atoms with Crippen LogP contribution in [0, 0.1) is 17.4 Å². The van der Waals surface area contributed by atoms with Crippen LogP contribution in [0.4, 0.5) is 0 Å². The maximum absolute atomic E-state index is 12.2. The van der Waals surface area contributed by atoms with E-state index in [1.165, 1.54) is 14.0 Å². The third-order valence-electron chi connectivity index (χ3n) is 6.18. The summed E-state index contributed by atoms with van der Waals surface area (Å²) in [7, 11) is 15.8. The van der Waals surface area contributed by atoms with Gasteiger partial charge in [0.05, 0.1) is 34.6 Å². The largest absolute Gasteiger partial charge is 0.296 e. The number of H-pyrrole nitrogens is 1. The van der Waals surface area contributed by atoms with Gasteiger partial charge in [0.2, 0.25) is 0 Å². The molecule has 0 bridgehead atoms. The summed E-state index contributed by atoms with van der Waals surface area (Å²) in [5.74, 6) is 0.0744. The van der Waals surface area contributed by atoms with Gasteiger partial charge in [0, 0.05) is 66.0 Å². The van der Waals surface area contributed by atoms with Crippen LogP contribution in [0.3, 0.4) is 0 Å². The first-order valence-corrected chi connectivity index (χ1v) is 15.7. The summed E-state index contributed by atoms with van der Waals surface area (Å²) in [6.45, 7) is 1.55. The number of Topliss-reactive ketones (excluding diaryl/α,β-unsaturated/α-hetero) is 2. The van der Waals surface area contributed by atoms with Crippen molar-refractivity contribution < 1.29 is 19.2 Å². The van der Waals surface area contributed by atoms with Crippen molar-refractivity contribution in [3.8, 4) is 6.07 Å². The summed E-state index contributed by atoms with van der Waals surface area (Å²) >= 11 is 3.09. The van der Waals surface area contributed by atoms with Gasteiger partial charge >= 0.3 is 0 Å². The maximum atomic E-state index is 12.2. The summed E-state index contributed by atoms with van der Waals surface area (Å²) in [4.78, 5) is 44.6. The molecule has 7 radical (unpaired) electrons. The average Bonchev–Trinajstić information content (AvgIpc) is 3.74. The molecule has 0 amide bonds. The summed E-state index contributed by atoms with van der Waals surface area (Å²) < 4.78 is 1.58. The van der Waals surface area contributed by atoms with E-state index < -0.39 is 6.39 Å². The third kappa shape index (κ3) is 13.0. The second-order valence-corrected chi connectivity index (χ2v) is 10.1. The highest BCUT2D eigenvalue weighted by molar-refractivity contribution is 9.09. The van der Waals surface area contributed by atoms with Gasteiger partial charge in [-0.1, -0.05) is 82.7 Å². The van der Waals surface area contributed by atoms with Gasteiger partial charge in [-0.25, -0.2) is 0 Å². The number of aromatic nitrogens is 4. The van der Waals surface area contributed by atoms with E-state index in [9.17, 15) is 19.2 Å². The molecule has 0 saturated heterocycles. The number of carbonyl (C=O) groups excluding carboxylic acids is 4. The Kier molecular flexibility index (Phi) is 18.2. The van der Waals surface area contributed by atoms with Crippen LogP contribution in [-0.4, -0.2) is 86.1 Å². The molecule has 0 atom stereocenters. The van der Waals surface area contributed by atoms with Crippen LogP contribution in [0.1, 0.15) is 38.3 Å². The van der Waals surface area contributed by atoms with E-state index >= 15 is 0 Å². The molecule has 5 aromatic rings. The van der Waals surface area contributed by atoms with E-state index in [4.69, 9.17) is 28.5 Å². The number of aldehydes is 2. The topological polar surface area (TPSA) is 139 Å². The van der Waals surface area contributed by atoms with Crippen molar-refractivity contribution in [1.29, 1.82) is 5.26 Å². The number of ketones is 2. The van der Waals surface area contributed by atoms with Crippen molar-refractivity contribution in [1.82, 2.24) is 20.0 Å². The summed E-state index contributed by atoms with van der Waals surface area (Å²) in [6.07, 6.45) is 10.8. The van der Waals surface area contributed by atoms with Gasteiger partial charge in [0.25, 0.3) is 0 Å². The van der Waals surface area contributed by atoms with Crippen molar-refractivity contribution in [2.45, 2.75) is 13.5 Å². The Labute approximate surface area is 298 Å². The number of aromatic amines is 1. The van der Waals surface area contributed by atoms with Crippen molar-refractivity contribution in [3.05, 3.63) is 132 Å². The van der Waals surface area contributed by atoms with Crippen molar-refractivity contribution in [3.63, 3.8) is 0 Å². The molecule has 233 valence electrons. The molecular weight excluding hydrogens is 676 g/mol. The number of nitriles is 1. The SMILES string of the molecule is CC#N.O=C(CBr)C1=CC=[C+]C=C1.O=Cc1[nH]nc2ccccc12.O=Cc1nn(CC(=O)c2ccccc2)c2ccccc12.[B][B]B([B])[B]. The molecule has 0 saturated carbocycles. The summed E-state index contributed by atoms with van der Waals surface area (Å²) in [5, 5.41) is 20.1. The first kappa shape index (κ1) is 39.9. The average molecular weight is 704 g/mol. The minimum Gasteiger partial charge on any atom is -0.296 e. The van der Waals surface area contributed by atoms with Crippen LogP contribution >= 0.6 is 15.9 Å². The lowest BCUT2D eigenvalue weighted by atomic mass is 8.97. The van der Waals surface area contributed by atoms with Gasteiger partial charge in [-0.2, -0.15) is 15.5 Å². The molecule has 9 nitrogen and oxygen atoms in total. The Morgan fingerprint density at radius 1 is 1.00 bits per heavy atom. The molecule has 1 aliphatic rings. The molecule has 0 spiro atoms. The number of nitrogens with zero attached hydrogens (tertiary/aromatic N) is 4. The fourth-order valence-electron chi connectivity index (χ4n) is 3.93. The molecular formula is C34H27B5BrN5O4+. The van der Waals surface area contributed by atoms with Crippen LogP contribution < -0.4 is 0 Å².